The van der Waals surface area contributed by atoms with Crippen molar-refractivity contribution in [2.75, 3.05) is 11.9 Å². The largest absolute Gasteiger partial charge is 0.325 e. The normalized spacial score (nSPS) is 15.1. The first kappa shape index (κ1) is 20.4. The van der Waals surface area contributed by atoms with Gasteiger partial charge in [-0.3, -0.25) is 14.5 Å². The Morgan fingerprint density at radius 3 is 2.16 bits per heavy atom. The Balaban J connectivity index is 1.48. The Morgan fingerprint density at radius 2 is 1.50 bits per heavy atom. The summed E-state index contributed by atoms with van der Waals surface area (Å²) in [6.45, 7) is -0.118. The molecule has 1 saturated heterocycles. The van der Waals surface area contributed by atoms with E-state index in [2.05, 4.69) is 35.6 Å². The molecule has 0 unspecified atom stereocenters. The van der Waals surface area contributed by atoms with Crippen LogP contribution in [0.2, 0.25) is 0 Å². The average molecular weight is 455 g/mol. The maximum absolute atomic E-state index is 13.1. The van der Waals surface area contributed by atoms with Gasteiger partial charge in [0, 0.05) is 5.69 Å². The van der Waals surface area contributed by atoms with Gasteiger partial charge in [0.2, 0.25) is 5.91 Å². The van der Waals surface area contributed by atoms with Crippen molar-refractivity contribution in [2.45, 2.75) is 0 Å². The number of nitrogens with zero attached hydrogens (tertiary/aromatic N) is 1. The van der Waals surface area contributed by atoms with E-state index in [-0.39, 0.29) is 18.4 Å². The number of carbonyl (C=O) groups is 2. The Morgan fingerprint density at radius 1 is 0.906 bits per heavy atom. The van der Waals surface area contributed by atoms with Gasteiger partial charge in [0.15, 0.2) is 0 Å². The van der Waals surface area contributed by atoms with Crippen LogP contribution >= 0.6 is 24.0 Å². The van der Waals surface area contributed by atoms with E-state index in [4.69, 9.17) is 12.2 Å². The molecule has 1 heterocycles. The number of carbonyl (C=O) groups excluding carboxylic acids is 2. The maximum atomic E-state index is 13.1. The van der Waals surface area contributed by atoms with Crippen LogP contribution in [0.4, 0.5) is 5.69 Å². The predicted molar refractivity (Wildman–Crippen MR) is 136 cm³/mol. The van der Waals surface area contributed by atoms with Gasteiger partial charge in [-0.15, -0.1) is 0 Å². The molecule has 4 nitrogen and oxygen atoms in total. The van der Waals surface area contributed by atoms with Gasteiger partial charge in [0.05, 0.1) is 4.91 Å². The van der Waals surface area contributed by atoms with E-state index in [9.17, 15) is 9.59 Å². The summed E-state index contributed by atoms with van der Waals surface area (Å²) in [7, 11) is 0. The van der Waals surface area contributed by atoms with Crippen molar-refractivity contribution in [1.82, 2.24) is 4.90 Å². The predicted octanol–water partition coefficient (Wildman–Crippen LogP) is 5.83. The SMILES string of the molecule is O=C(CN1C(=O)/C(=C/c2c3ccccc3cc3ccccc23)SC1=S)Nc1ccccc1. The number of amides is 2. The minimum absolute atomic E-state index is 0.118. The summed E-state index contributed by atoms with van der Waals surface area (Å²) in [5.41, 5.74) is 1.66. The molecule has 0 spiro atoms. The number of nitrogens with one attached hydrogen (secondary N) is 1. The summed E-state index contributed by atoms with van der Waals surface area (Å²) in [4.78, 5) is 27.5. The first-order valence-corrected chi connectivity index (χ1v) is 11.3. The quantitative estimate of drug-likeness (QED) is 0.239. The third-order valence-electron chi connectivity index (χ3n) is 5.32. The molecule has 4 aromatic carbocycles. The summed E-state index contributed by atoms with van der Waals surface area (Å²) in [5.74, 6) is -0.537. The second-order valence-corrected chi connectivity index (χ2v) is 9.09. The third kappa shape index (κ3) is 3.90. The number of hydrogen-bond acceptors (Lipinski definition) is 4. The van der Waals surface area contributed by atoms with Crippen molar-refractivity contribution in [2.24, 2.45) is 0 Å². The molecule has 1 aliphatic heterocycles. The number of thioether (sulfide) groups is 1. The molecule has 6 heteroatoms. The van der Waals surface area contributed by atoms with Gasteiger partial charge in [-0.1, -0.05) is 90.7 Å². The first-order chi connectivity index (χ1) is 15.6. The summed E-state index contributed by atoms with van der Waals surface area (Å²) in [6.07, 6.45) is 1.90. The summed E-state index contributed by atoms with van der Waals surface area (Å²) in [5, 5.41) is 7.15. The molecule has 0 radical (unpaired) electrons. The second kappa shape index (κ2) is 8.57. The van der Waals surface area contributed by atoms with Crippen molar-refractivity contribution in [3.63, 3.8) is 0 Å². The molecule has 0 bridgehead atoms. The lowest BCUT2D eigenvalue weighted by Crippen LogP contribution is -2.36. The van der Waals surface area contributed by atoms with E-state index in [0.717, 1.165) is 27.1 Å². The summed E-state index contributed by atoms with van der Waals surface area (Å²) in [6, 6.07) is 27.6. The topological polar surface area (TPSA) is 49.4 Å². The Bertz CT molecular complexity index is 1360. The lowest BCUT2D eigenvalue weighted by atomic mass is 9.96. The van der Waals surface area contributed by atoms with Gasteiger partial charge in [-0.2, -0.15) is 0 Å². The maximum Gasteiger partial charge on any atom is 0.266 e. The smallest absolute Gasteiger partial charge is 0.266 e. The van der Waals surface area contributed by atoms with E-state index in [1.54, 1.807) is 12.1 Å². The minimum Gasteiger partial charge on any atom is -0.325 e. The van der Waals surface area contributed by atoms with Crippen molar-refractivity contribution in [3.8, 4) is 0 Å². The number of anilines is 1. The fourth-order valence-corrected chi connectivity index (χ4v) is 5.07. The van der Waals surface area contributed by atoms with E-state index < -0.39 is 0 Å². The van der Waals surface area contributed by atoms with Crippen LogP contribution in [-0.4, -0.2) is 27.6 Å². The second-order valence-electron chi connectivity index (χ2n) is 7.41. The number of para-hydroxylation sites is 1. The highest BCUT2D eigenvalue weighted by Gasteiger charge is 2.33. The van der Waals surface area contributed by atoms with Gasteiger partial charge in [-0.05, 0) is 51.4 Å². The molecular weight excluding hydrogens is 436 g/mol. The fraction of sp³-hybridized carbons (Fsp3) is 0.0385. The number of thiocarbonyl (C=S) groups is 1. The highest BCUT2D eigenvalue weighted by Crippen LogP contribution is 2.36. The monoisotopic (exact) mass is 454 g/mol. The van der Waals surface area contributed by atoms with Crippen LogP contribution in [0, 0.1) is 0 Å². The van der Waals surface area contributed by atoms with Gasteiger partial charge >= 0.3 is 0 Å². The lowest BCUT2D eigenvalue weighted by molar-refractivity contribution is -0.126. The molecule has 4 aromatic rings. The summed E-state index contributed by atoms with van der Waals surface area (Å²) < 4.78 is 0.383. The van der Waals surface area contributed by atoms with Crippen LogP contribution in [0.15, 0.2) is 89.8 Å². The Hall–Kier alpha value is -3.48. The molecule has 1 N–H and O–H groups in total. The van der Waals surface area contributed by atoms with Crippen LogP contribution in [0.25, 0.3) is 27.6 Å². The molecule has 156 valence electrons. The van der Waals surface area contributed by atoms with Crippen molar-refractivity contribution in [3.05, 3.63) is 95.4 Å². The Kier molecular flexibility index (Phi) is 5.47. The molecule has 32 heavy (non-hydrogen) atoms. The van der Waals surface area contributed by atoms with Crippen molar-refractivity contribution < 1.29 is 9.59 Å². The molecule has 0 aromatic heterocycles. The van der Waals surface area contributed by atoms with Crippen molar-refractivity contribution in [1.29, 1.82) is 0 Å². The van der Waals surface area contributed by atoms with Crippen LogP contribution in [-0.2, 0) is 9.59 Å². The third-order valence-corrected chi connectivity index (χ3v) is 6.70. The van der Waals surface area contributed by atoms with E-state index in [0.29, 0.717) is 14.9 Å². The van der Waals surface area contributed by atoms with Crippen LogP contribution in [0.1, 0.15) is 5.56 Å². The molecule has 0 saturated carbocycles. The minimum atomic E-state index is -0.288. The molecule has 0 aliphatic carbocycles. The van der Waals surface area contributed by atoms with Gasteiger partial charge < -0.3 is 5.32 Å². The van der Waals surface area contributed by atoms with Crippen LogP contribution in [0.3, 0.4) is 0 Å². The number of benzene rings is 4. The highest BCUT2D eigenvalue weighted by atomic mass is 32.2. The molecule has 0 atom stereocenters. The van der Waals surface area contributed by atoms with Gasteiger partial charge in [-0.25, -0.2) is 0 Å². The van der Waals surface area contributed by atoms with E-state index in [1.807, 2.05) is 48.5 Å². The van der Waals surface area contributed by atoms with Crippen molar-refractivity contribution >= 4 is 73.4 Å². The van der Waals surface area contributed by atoms with E-state index >= 15 is 0 Å². The standard InChI is InChI=1S/C26H18N2O2S2/c29-24(27-19-10-2-1-3-11-19)16-28-25(30)23(32-26(28)31)15-22-20-12-6-4-8-17(20)14-18-9-5-7-13-21(18)22/h1-15H,16H2,(H,27,29)/b23-15-. The lowest BCUT2D eigenvalue weighted by Gasteiger charge is -2.14. The average Bonchev–Trinajstić information content (AvgIpc) is 3.07. The molecule has 1 fully saturated rings. The van der Waals surface area contributed by atoms with Crippen LogP contribution < -0.4 is 5.32 Å². The fourth-order valence-electron chi connectivity index (χ4n) is 3.84. The zero-order valence-electron chi connectivity index (χ0n) is 16.9. The zero-order chi connectivity index (χ0) is 22.1. The first-order valence-electron chi connectivity index (χ1n) is 10.1. The Labute approximate surface area is 194 Å². The van der Waals surface area contributed by atoms with Gasteiger partial charge in [0.25, 0.3) is 5.91 Å². The molecule has 2 amide bonds. The summed E-state index contributed by atoms with van der Waals surface area (Å²) >= 11 is 6.66. The molecular formula is C26H18N2O2S2. The molecule has 1 aliphatic rings. The zero-order valence-corrected chi connectivity index (χ0v) is 18.6. The number of rotatable bonds is 4. The van der Waals surface area contributed by atoms with E-state index in [1.165, 1.54) is 16.7 Å². The molecule has 5 rings (SSSR count). The number of fused-ring (bicyclic) bond motifs is 2. The highest BCUT2D eigenvalue weighted by molar-refractivity contribution is 8.26. The van der Waals surface area contributed by atoms with Crippen LogP contribution in [0.5, 0.6) is 0 Å². The number of hydrogen-bond donors (Lipinski definition) is 1. The van der Waals surface area contributed by atoms with Gasteiger partial charge in [0.1, 0.15) is 10.9 Å².